The molecule has 0 aliphatic heterocycles. The van der Waals surface area contributed by atoms with Gasteiger partial charge in [0, 0.05) is 6.54 Å². The minimum Gasteiger partial charge on any atom is -0.352 e. The molecule has 1 heterocycles. The molecule has 0 saturated heterocycles. The summed E-state index contributed by atoms with van der Waals surface area (Å²) in [7, 11) is 0. The molecule has 6 heteroatoms. The maximum atomic E-state index is 11.9. The predicted octanol–water partition coefficient (Wildman–Crippen LogP) is 3.09. The van der Waals surface area contributed by atoms with Crippen LogP contribution in [0.4, 0.5) is 0 Å². The number of rotatable bonds is 3. The fraction of sp³-hybridized carbons (Fsp3) is 0.583. The lowest BCUT2D eigenvalue weighted by Crippen LogP contribution is -2.30. The van der Waals surface area contributed by atoms with Crippen molar-refractivity contribution >= 4 is 29.1 Å². The Balaban J connectivity index is 1.92. The summed E-state index contributed by atoms with van der Waals surface area (Å²) in [6.07, 6.45) is 6.18. The monoisotopic (exact) mass is 287 g/mol. The number of carbonyl (C=O) groups excluding carboxylic acids is 1. The SMILES string of the molecule is O=C(NCC1CCCCC1)c1cc(Cl)nnc1Cl. The van der Waals surface area contributed by atoms with Gasteiger partial charge in [0.2, 0.25) is 0 Å². The quantitative estimate of drug-likeness (QED) is 0.929. The van der Waals surface area contributed by atoms with Crippen LogP contribution in [0.25, 0.3) is 0 Å². The van der Waals surface area contributed by atoms with Crippen molar-refractivity contribution in [3.05, 3.63) is 21.9 Å². The molecule has 1 aliphatic carbocycles. The van der Waals surface area contributed by atoms with Crippen molar-refractivity contribution in [1.29, 1.82) is 0 Å². The van der Waals surface area contributed by atoms with Gasteiger partial charge in [-0.25, -0.2) is 0 Å². The van der Waals surface area contributed by atoms with Crippen LogP contribution in [0.5, 0.6) is 0 Å². The summed E-state index contributed by atoms with van der Waals surface area (Å²) in [5.41, 5.74) is 0.285. The standard InChI is InChI=1S/C12H15Cl2N3O/c13-10-6-9(11(14)17-16-10)12(18)15-7-8-4-2-1-3-5-8/h6,8H,1-5,7H2,(H,15,18). The predicted molar refractivity (Wildman–Crippen MR) is 71.0 cm³/mol. The Morgan fingerprint density at radius 1 is 1.28 bits per heavy atom. The third-order valence-electron chi connectivity index (χ3n) is 3.24. The van der Waals surface area contributed by atoms with Crippen molar-refractivity contribution < 1.29 is 4.79 Å². The second kappa shape index (κ2) is 6.34. The van der Waals surface area contributed by atoms with Crippen LogP contribution >= 0.6 is 23.2 Å². The lowest BCUT2D eigenvalue weighted by Gasteiger charge is -2.21. The fourth-order valence-corrected chi connectivity index (χ4v) is 2.56. The Morgan fingerprint density at radius 3 is 2.72 bits per heavy atom. The third kappa shape index (κ3) is 3.56. The molecule has 1 N–H and O–H groups in total. The van der Waals surface area contributed by atoms with E-state index in [0.717, 1.165) is 0 Å². The lowest BCUT2D eigenvalue weighted by atomic mass is 9.89. The molecule has 98 valence electrons. The summed E-state index contributed by atoms with van der Waals surface area (Å²) in [6, 6.07) is 1.44. The summed E-state index contributed by atoms with van der Waals surface area (Å²) in [4.78, 5) is 11.9. The van der Waals surface area contributed by atoms with Gasteiger partial charge in [0.15, 0.2) is 10.3 Å². The van der Waals surface area contributed by atoms with Crippen molar-refractivity contribution in [1.82, 2.24) is 15.5 Å². The number of nitrogens with one attached hydrogen (secondary N) is 1. The van der Waals surface area contributed by atoms with E-state index >= 15 is 0 Å². The number of aromatic nitrogens is 2. The van der Waals surface area contributed by atoms with Gasteiger partial charge in [-0.05, 0) is 24.8 Å². The van der Waals surface area contributed by atoms with E-state index in [0.29, 0.717) is 12.5 Å². The Hall–Kier alpha value is -0.870. The van der Waals surface area contributed by atoms with Gasteiger partial charge in [-0.1, -0.05) is 42.5 Å². The Labute approximate surface area is 116 Å². The number of hydrogen-bond acceptors (Lipinski definition) is 3. The maximum absolute atomic E-state index is 11.9. The fourth-order valence-electron chi connectivity index (χ4n) is 2.24. The molecule has 1 aromatic rings. The first-order chi connectivity index (χ1) is 8.66. The van der Waals surface area contributed by atoms with Crippen molar-refractivity contribution in [2.24, 2.45) is 5.92 Å². The van der Waals surface area contributed by atoms with Crippen LogP contribution in [-0.4, -0.2) is 22.6 Å². The molecule has 2 rings (SSSR count). The minimum absolute atomic E-state index is 0.0838. The number of nitrogens with zero attached hydrogens (tertiary/aromatic N) is 2. The number of hydrogen-bond donors (Lipinski definition) is 1. The number of carbonyl (C=O) groups is 1. The van der Waals surface area contributed by atoms with Crippen LogP contribution in [0, 0.1) is 5.92 Å². The average molecular weight is 288 g/mol. The second-order valence-corrected chi connectivity index (χ2v) is 5.33. The van der Waals surface area contributed by atoms with E-state index in [9.17, 15) is 4.79 Å². The van der Waals surface area contributed by atoms with Crippen LogP contribution < -0.4 is 5.32 Å². The van der Waals surface area contributed by atoms with Gasteiger partial charge in [-0.15, -0.1) is 10.2 Å². The van der Waals surface area contributed by atoms with Gasteiger partial charge in [0.1, 0.15) is 0 Å². The third-order valence-corrected chi connectivity index (χ3v) is 3.70. The van der Waals surface area contributed by atoms with Crippen LogP contribution in [-0.2, 0) is 0 Å². The van der Waals surface area contributed by atoms with Gasteiger partial charge in [-0.2, -0.15) is 0 Å². The molecule has 1 amide bonds. The van der Waals surface area contributed by atoms with Crippen molar-refractivity contribution in [2.75, 3.05) is 6.54 Å². The van der Waals surface area contributed by atoms with E-state index in [2.05, 4.69) is 15.5 Å². The van der Waals surface area contributed by atoms with E-state index in [1.807, 2.05) is 0 Å². The molecule has 1 aromatic heterocycles. The highest BCUT2D eigenvalue weighted by molar-refractivity contribution is 6.34. The van der Waals surface area contributed by atoms with Crippen LogP contribution in [0.15, 0.2) is 6.07 Å². The van der Waals surface area contributed by atoms with Crippen molar-refractivity contribution in [3.8, 4) is 0 Å². The normalized spacial score (nSPS) is 16.6. The summed E-state index contributed by atoms with van der Waals surface area (Å²) >= 11 is 11.5. The van der Waals surface area contributed by atoms with Gasteiger partial charge in [0.05, 0.1) is 5.56 Å². The van der Waals surface area contributed by atoms with Crippen molar-refractivity contribution in [3.63, 3.8) is 0 Å². The van der Waals surface area contributed by atoms with Crippen LogP contribution in [0.1, 0.15) is 42.5 Å². The molecule has 0 unspecified atom stereocenters. The molecule has 4 nitrogen and oxygen atoms in total. The number of amides is 1. The molecule has 18 heavy (non-hydrogen) atoms. The Kier molecular flexibility index (Phi) is 4.78. The average Bonchev–Trinajstić information content (AvgIpc) is 2.40. The molecule has 0 radical (unpaired) electrons. The van der Waals surface area contributed by atoms with Gasteiger partial charge in [-0.3, -0.25) is 4.79 Å². The zero-order valence-electron chi connectivity index (χ0n) is 9.96. The summed E-state index contributed by atoms with van der Waals surface area (Å²) in [5.74, 6) is 0.342. The van der Waals surface area contributed by atoms with E-state index in [1.165, 1.54) is 38.2 Å². The van der Waals surface area contributed by atoms with E-state index < -0.39 is 0 Å². The highest BCUT2D eigenvalue weighted by Crippen LogP contribution is 2.23. The molecule has 1 fully saturated rings. The first-order valence-electron chi connectivity index (χ1n) is 6.13. The summed E-state index contributed by atoms with van der Waals surface area (Å²) < 4.78 is 0. The Bertz CT molecular complexity index is 433. The largest absolute Gasteiger partial charge is 0.352 e. The maximum Gasteiger partial charge on any atom is 0.254 e. The molecular weight excluding hydrogens is 273 g/mol. The lowest BCUT2D eigenvalue weighted by molar-refractivity contribution is 0.0943. The molecular formula is C12H15Cl2N3O. The molecule has 0 spiro atoms. The highest BCUT2D eigenvalue weighted by atomic mass is 35.5. The second-order valence-electron chi connectivity index (χ2n) is 4.59. The van der Waals surface area contributed by atoms with E-state index in [1.54, 1.807) is 0 Å². The molecule has 0 atom stereocenters. The first-order valence-corrected chi connectivity index (χ1v) is 6.89. The smallest absolute Gasteiger partial charge is 0.254 e. The van der Waals surface area contributed by atoms with Gasteiger partial charge >= 0.3 is 0 Å². The zero-order valence-corrected chi connectivity index (χ0v) is 11.5. The first kappa shape index (κ1) is 13.6. The molecule has 0 bridgehead atoms. The summed E-state index contributed by atoms with van der Waals surface area (Å²) in [5, 5.41) is 10.3. The number of halogens is 2. The zero-order chi connectivity index (χ0) is 13.0. The topological polar surface area (TPSA) is 54.9 Å². The summed E-state index contributed by atoms with van der Waals surface area (Å²) in [6.45, 7) is 0.690. The van der Waals surface area contributed by atoms with E-state index in [4.69, 9.17) is 23.2 Å². The highest BCUT2D eigenvalue weighted by Gasteiger charge is 2.17. The van der Waals surface area contributed by atoms with Crippen LogP contribution in [0.2, 0.25) is 10.3 Å². The Morgan fingerprint density at radius 2 is 2.00 bits per heavy atom. The molecule has 0 aromatic carbocycles. The minimum atomic E-state index is -0.234. The van der Waals surface area contributed by atoms with Crippen LogP contribution in [0.3, 0.4) is 0 Å². The van der Waals surface area contributed by atoms with Gasteiger partial charge < -0.3 is 5.32 Å². The van der Waals surface area contributed by atoms with Gasteiger partial charge in [0.25, 0.3) is 5.91 Å². The molecule has 1 aliphatic rings. The molecule has 1 saturated carbocycles. The van der Waals surface area contributed by atoms with Crippen molar-refractivity contribution in [2.45, 2.75) is 32.1 Å². The van der Waals surface area contributed by atoms with E-state index in [-0.39, 0.29) is 21.8 Å².